The molecule has 2 aromatic carbocycles. The first-order chi connectivity index (χ1) is 9.95. The van der Waals surface area contributed by atoms with Crippen molar-refractivity contribution >= 4 is 11.9 Å². The van der Waals surface area contributed by atoms with Crippen LogP contribution in [-0.2, 0) is 16.8 Å². The SMILES string of the molecule is O=C(O)c1ccccc1C(O)(Cc1ccccc1)C(=O)O. The van der Waals surface area contributed by atoms with Crippen LogP contribution in [0.25, 0.3) is 0 Å². The molecular formula is C16H14O5. The Labute approximate surface area is 121 Å². The number of hydrogen-bond acceptors (Lipinski definition) is 3. The summed E-state index contributed by atoms with van der Waals surface area (Å²) < 4.78 is 0. The Bertz CT molecular complexity index is 665. The zero-order valence-corrected chi connectivity index (χ0v) is 11.1. The van der Waals surface area contributed by atoms with Crippen molar-refractivity contribution in [2.45, 2.75) is 12.0 Å². The van der Waals surface area contributed by atoms with Gasteiger partial charge in [0.1, 0.15) is 0 Å². The first-order valence-electron chi connectivity index (χ1n) is 6.27. The smallest absolute Gasteiger partial charge is 0.340 e. The van der Waals surface area contributed by atoms with Crippen molar-refractivity contribution < 1.29 is 24.9 Å². The largest absolute Gasteiger partial charge is 0.479 e. The Morgan fingerprint density at radius 3 is 2.05 bits per heavy atom. The van der Waals surface area contributed by atoms with Crippen LogP contribution >= 0.6 is 0 Å². The van der Waals surface area contributed by atoms with E-state index >= 15 is 0 Å². The maximum atomic E-state index is 11.6. The molecule has 2 rings (SSSR count). The van der Waals surface area contributed by atoms with Gasteiger partial charge in [-0.3, -0.25) is 0 Å². The molecule has 2 aromatic rings. The molecule has 0 aliphatic heterocycles. The van der Waals surface area contributed by atoms with E-state index in [0.717, 1.165) is 0 Å². The lowest BCUT2D eigenvalue weighted by molar-refractivity contribution is -0.159. The summed E-state index contributed by atoms with van der Waals surface area (Å²) >= 11 is 0. The minimum atomic E-state index is -2.30. The lowest BCUT2D eigenvalue weighted by Crippen LogP contribution is -2.39. The van der Waals surface area contributed by atoms with Gasteiger partial charge >= 0.3 is 11.9 Å². The molecule has 0 bridgehead atoms. The second-order valence-electron chi connectivity index (χ2n) is 4.68. The molecule has 0 amide bonds. The van der Waals surface area contributed by atoms with Gasteiger partial charge in [-0.1, -0.05) is 48.5 Å². The average Bonchev–Trinajstić information content (AvgIpc) is 2.48. The normalized spacial score (nSPS) is 13.4. The number of hydrogen-bond donors (Lipinski definition) is 3. The van der Waals surface area contributed by atoms with Crippen LogP contribution in [0.1, 0.15) is 21.5 Å². The highest BCUT2D eigenvalue weighted by Crippen LogP contribution is 2.29. The molecular weight excluding hydrogens is 272 g/mol. The second kappa shape index (κ2) is 5.76. The fourth-order valence-electron chi connectivity index (χ4n) is 2.21. The fourth-order valence-corrected chi connectivity index (χ4v) is 2.21. The number of aliphatic hydroxyl groups is 1. The molecule has 3 N–H and O–H groups in total. The van der Waals surface area contributed by atoms with Gasteiger partial charge in [0, 0.05) is 12.0 Å². The van der Waals surface area contributed by atoms with Crippen LogP contribution in [0.4, 0.5) is 0 Å². The van der Waals surface area contributed by atoms with Gasteiger partial charge < -0.3 is 15.3 Å². The molecule has 0 saturated heterocycles. The summed E-state index contributed by atoms with van der Waals surface area (Å²) in [5.74, 6) is -2.77. The number of carbonyl (C=O) groups is 2. The first-order valence-corrected chi connectivity index (χ1v) is 6.27. The van der Waals surface area contributed by atoms with Gasteiger partial charge in [0.15, 0.2) is 5.60 Å². The van der Waals surface area contributed by atoms with Crippen molar-refractivity contribution in [1.29, 1.82) is 0 Å². The van der Waals surface area contributed by atoms with E-state index in [1.807, 2.05) is 0 Å². The predicted octanol–water partition coefficient (Wildman–Crippen LogP) is 1.90. The zero-order chi connectivity index (χ0) is 15.5. The summed E-state index contributed by atoms with van der Waals surface area (Å²) in [6.45, 7) is 0. The molecule has 1 unspecified atom stereocenters. The molecule has 0 aliphatic carbocycles. The molecule has 108 valence electrons. The van der Waals surface area contributed by atoms with Gasteiger partial charge in [0.2, 0.25) is 0 Å². The zero-order valence-electron chi connectivity index (χ0n) is 11.1. The molecule has 0 radical (unpaired) electrons. The van der Waals surface area contributed by atoms with E-state index in [2.05, 4.69) is 0 Å². The molecule has 0 aliphatic rings. The van der Waals surface area contributed by atoms with Gasteiger partial charge in [-0.05, 0) is 11.6 Å². The van der Waals surface area contributed by atoms with Crippen LogP contribution in [0.5, 0.6) is 0 Å². The number of benzene rings is 2. The highest BCUT2D eigenvalue weighted by atomic mass is 16.4. The first kappa shape index (κ1) is 14.7. The molecule has 0 heterocycles. The lowest BCUT2D eigenvalue weighted by Gasteiger charge is -2.25. The predicted molar refractivity (Wildman–Crippen MR) is 75.1 cm³/mol. The van der Waals surface area contributed by atoms with E-state index in [0.29, 0.717) is 5.56 Å². The van der Waals surface area contributed by atoms with Crippen LogP contribution < -0.4 is 0 Å². The second-order valence-corrected chi connectivity index (χ2v) is 4.68. The number of carboxylic acid groups (broad SMARTS) is 2. The van der Waals surface area contributed by atoms with E-state index in [9.17, 15) is 24.9 Å². The Morgan fingerprint density at radius 1 is 0.905 bits per heavy atom. The van der Waals surface area contributed by atoms with E-state index in [1.165, 1.54) is 24.3 Å². The molecule has 5 nitrogen and oxygen atoms in total. The molecule has 21 heavy (non-hydrogen) atoms. The third kappa shape index (κ3) is 2.93. The standard InChI is InChI=1S/C16H14O5/c17-14(18)12-8-4-5-9-13(12)16(21,15(19)20)10-11-6-2-1-3-7-11/h1-9,21H,10H2,(H,17,18)(H,19,20). The van der Waals surface area contributed by atoms with Crippen molar-refractivity contribution in [3.63, 3.8) is 0 Å². The Balaban J connectivity index is 2.53. The number of aromatic carboxylic acids is 1. The van der Waals surface area contributed by atoms with Gasteiger partial charge in [-0.15, -0.1) is 0 Å². The third-order valence-corrected chi connectivity index (χ3v) is 3.26. The average molecular weight is 286 g/mol. The van der Waals surface area contributed by atoms with Crippen LogP contribution in [0.3, 0.4) is 0 Å². The van der Waals surface area contributed by atoms with Crippen LogP contribution in [0.2, 0.25) is 0 Å². The molecule has 0 aromatic heterocycles. The van der Waals surface area contributed by atoms with Gasteiger partial charge in [-0.2, -0.15) is 0 Å². The summed E-state index contributed by atoms with van der Waals surface area (Å²) in [6.07, 6.45) is -0.215. The summed E-state index contributed by atoms with van der Waals surface area (Å²) in [6, 6.07) is 14.2. The van der Waals surface area contributed by atoms with Crippen molar-refractivity contribution in [3.05, 3.63) is 71.3 Å². The molecule has 0 saturated carbocycles. The summed E-state index contributed by atoms with van der Waals surface area (Å²) in [5.41, 5.74) is -2.05. The summed E-state index contributed by atoms with van der Waals surface area (Å²) in [4.78, 5) is 22.8. The van der Waals surface area contributed by atoms with Gasteiger partial charge in [0.05, 0.1) is 5.56 Å². The van der Waals surface area contributed by atoms with Crippen molar-refractivity contribution in [3.8, 4) is 0 Å². The molecule has 1 atom stereocenters. The van der Waals surface area contributed by atoms with Crippen LogP contribution in [0, 0.1) is 0 Å². The summed E-state index contributed by atoms with van der Waals surface area (Å²) in [7, 11) is 0. The monoisotopic (exact) mass is 286 g/mol. The number of carboxylic acids is 2. The summed E-state index contributed by atoms with van der Waals surface area (Å²) in [5, 5.41) is 29.2. The Kier molecular flexibility index (Phi) is 4.05. The molecule has 0 spiro atoms. The highest BCUT2D eigenvalue weighted by Gasteiger charge is 2.40. The highest BCUT2D eigenvalue weighted by molar-refractivity contribution is 5.93. The maximum Gasteiger partial charge on any atom is 0.340 e. The number of aliphatic carboxylic acids is 1. The Morgan fingerprint density at radius 2 is 1.48 bits per heavy atom. The third-order valence-electron chi connectivity index (χ3n) is 3.26. The van der Waals surface area contributed by atoms with Crippen LogP contribution in [0.15, 0.2) is 54.6 Å². The minimum Gasteiger partial charge on any atom is -0.479 e. The van der Waals surface area contributed by atoms with Crippen molar-refractivity contribution in [1.82, 2.24) is 0 Å². The van der Waals surface area contributed by atoms with E-state index in [4.69, 9.17) is 0 Å². The molecule has 5 heteroatoms. The fraction of sp³-hybridized carbons (Fsp3) is 0.125. The number of rotatable bonds is 5. The minimum absolute atomic E-state index is 0.131. The van der Waals surface area contributed by atoms with E-state index < -0.39 is 17.5 Å². The van der Waals surface area contributed by atoms with Crippen LogP contribution in [-0.4, -0.2) is 27.3 Å². The lowest BCUT2D eigenvalue weighted by atomic mass is 9.84. The van der Waals surface area contributed by atoms with E-state index in [-0.39, 0.29) is 17.5 Å². The molecule has 0 fully saturated rings. The van der Waals surface area contributed by atoms with Gasteiger partial charge in [-0.25, -0.2) is 9.59 Å². The maximum absolute atomic E-state index is 11.6. The van der Waals surface area contributed by atoms with Crippen molar-refractivity contribution in [2.75, 3.05) is 0 Å². The van der Waals surface area contributed by atoms with Gasteiger partial charge in [0.25, 0.3) is 0 Å². The van der Waals surface area contributed by atoms with E-state index in [1.54, 1.807) is 30.3 Å². The quantitative estimate of drug-likeness (QED) is 0.780. The van der Waals surface area contributed by atoms with Crippen molar-refractivity contribution in [2.24, 2.45) is 0 Å². The Hall–Kier alpha value is -2.66. The topological polar surface area (TPSA) is 94.8 Å².